The van der Waals surface area contributed by atoms with Crippen LogP contribution in [0.2, 0.25) is 0 Å². The third-order valence-electron chi connectivity index (χ3n) is 9.19. The Morgan fingerprint density at radius 3 is 2.73 bits per heavy atom. The molecule has 1 aromatic carbocycles. The maximum absolute atomic E-state index is 13.5. The summed E-state index contributed by atoms with van der Waals surface area (Å²) in [7, 11) is -0.839. The monoisotopic (exact) mass is 646 g/mol. The van der Waals surface area contributed by atoms with Crippen LogP contribution >= 0.6 is 11.6 Å². The molecule has 2 bridgehead atoms. The number of allylic oxidation sites excluding steroid dienone is 4. The summed E-state index contributed by atoms with van der Waals surface area (Å²) in [5.41, 5.74) is 2.93. The second kappa shape index (κ2) is 15.6. The molecular formula is C34H47ClN2O6S. The minimum absolute atomic E-state index is 0.0264. The topological polar surface area (TPSA) is 94.2 Å². The van der Waals surface area contributed by atoms with Crippen molar-refractivity contribution in [1.29, 1.82) is 0 Å². The van der Waals surface area contributed by atoms with Crippen LogP contribution in [-0.4, -0.2) is 66.2 Å². The Hall–Kier alpha value is -2.59. The first-order valence-corrected chi connectivity index (χ1v) is 17.5. The zero-order chi connectivity index (χ0) is 31.9. The molecule has 0 saturated heterocycles. The van der Waals surface area contributed by atoms with Crippen molar-refractivity contribution in [3.8, 4) is 5.75 Å². The van der Waals surface area contributed by atoms with Gasteiger partial charge in [0.05, 0.1) is 18.4 Å². The van der Waals surface area contributed by atoms with Gasteiger partial charge in [-0.3, -0.25) is 4.79 Å². The van der Waals surface area contributed by atoms with Crippen LogP contribution in [0, 0.1) is 17.8 Å². The first-order chi connectivity index (χ1) is 21.1. The number of fused-ring (bicyclic) bond motifs is 2. The van der Waals surface area contributed by atoms with Crippen LogP contribution in [0.15, 0.2) is 65.3 Å². The van der Waals surface area contributed by atoms with Gasteiger partial charge in [0, 0.05) is 37.9 Å². The van der Waals surface area contributed by atoms with E-state index in [4.69, 9.17) is 25.8 Å². The van der Waals surface area contributed by atoms with E-state index >= 15 is 0 Å². The molecule has 1 amide bonds. The predicted molar refractivity (Wildman–Crippen MR) is 177 cm³/mol. The maximum Gasteiger partial charge on any atom is 0.264 e. The first kappa shape index (κ1) is 34.3. The molecule has 44 heavy (non-hydrogen) atoms. The van der Waals surface area contributed by atoms with Crippen molar-refractivity contribution in [2.24, 2.45) is 17.8 Å². The van der Waals surface area contributed by atoms with Crippen LogP contribution in [0.25, 0.3) is 0 Å². The number of benzene rings is 1. The fraction of sp³-hybridized carbons (Fsp3) is 0.559. The fourth-order valence-corrected chi connectivity index (χ4v) is 8.01. The van der Waals surface area contributed by atoms with E-state index in [2.05, 4.69) is 22.3 Å². The molecule has 5 atom stereocenters. The highest BCUT2D eigenvalue weighted by atomic mass is 35.5. The lowest BCUT2D eigenvalue weighted by atomic mass is 9.70. The van der Waals surface area contributed by atoms with Gasteiger partial charge in [0.25, 0.3) is 5.91 Å². The molecule has 1 saturated carbocycles. The number of rotatable bonds is 4. The molecule has 2 heterocycles. The average Bonchev–Trinajstić information content (AvgIpc) is 3.01. The molecule has 0 aromatic heterocycles. The number of sulfonamides is 1. The molecular weight excluding hydrogens is 600 g/mol. The second-order valence-corrected chi connectivity index (χ2v) is 14.5. The number of carbonyl (C=O) groups is 1. The van der Waals surface area contributed by atoms with Crippen LogP contribution in [0.4, 0.5) is 5.69 Å². The largest absolute Gasteiger partial charge is 0.487 e. The van der Waals surface area contributed by atoms with Crippen molar-refractivity contribution < 1.29 is 27.4 Å². The zero-order valence-corrected chi connectivity index (χ0v) is 28.0. The smallest absolute Gasteiger partial charge is 0.264 e. The molecule has 242 valence electrons. The quantitative estimate of drug-likeness (QED) is 0.379. The Bertz CT molecular complexity index is 1390. The van der Waals surface area contributed by atoms with Gasteiger partial charge in [-0.1, -0.05) is 43.3 Å². The number of hydrogen-bond acceptors (Lipinski definition) is 7. The van der Waals surface area contributed by atoms with E-state index in [1.807, 2.05) is 32.1 Å². The van der Waals surface area contributed by atoms with Crippen LogP contribution in [-0.2, 0) is 19.5 Å². The van der Waals surface area contributed by atoms with E-state index in [1.54, 1.807) is 25.3 Å². The van der Waals surface area contributed by atoms with Crippen molar-refractivity contribution >= 4 is 33.2 Å². The molecule has 0 radical (unpaired) electrons. The molecule has 8 nitrogen and oxygen atoms in total. The van der Waals surface area contributed by atoms with Crippen LogP contribution < -0.4 is 14.4 Å². The number of amides is 1. The Morgan fingerprint density at radius 2 is 2.05 bits per heavy atom. The molecule has 1 aromatic rings. The van der Waals surface area contributed by atoms with Gasteiger partial charge in [0.2, 0.25) is 10.0 Å². The van der Waals surface area contributed by atoms with E-state index in [0.29, 0.717) is 29.0 Å². The molecule has 0 spiro atoms. The molecule has 1 N–H and O–H groups in total. The predicted octanol–water partition coefficient (Wildman–Crippen LogP) is 6.39. The highest BCUT2D eigenvalue weighted by Crippen LogP contribution is 2.41. The van der Waals surface area contributed by atoms with Crippen LogP contribution in [0.3, 0.4) is 0 Å². The van der Waals surface area contributed by atoms with E-state index in [1.165, 1.54) is 7.11 Å². The summed E-state index contributed by atoms with van der Waals surface area (Å²) in [5.74, 6) is 0.393. The zero-order valence-electron chi connectivity index (χ0n) is 26.4. The van der Waals surface area contributed by atoms with Gasteiger partial charge >= 0.3 is 0 Å². The highest BCUT2D eigenvalue weighted by Gasteiger charge is 2.38. The molecule has 10 heteroatoms. The summed E-state index contributed by atoms with van der Waals surface area (Å²) in [6.45, 7) is 9.81. The average molecular weight is 647 g/mol. The van der Waals surface area contributed by atoms with Gasteiger partial charge in [0.1, 0.15) is 17.6 Å². The maximum atomic E-state index is 13.5. The highest BCUT2D eigenvalue weighted by molar-refractivity contribution is 7.90. The lowest BCUT2D eigenvalue weighted by Crippen LogP contribution is -2.44. The Morgan fingerprint density at radius 1 is 1.25 bits per heavy atom. The van der Waals surface area contributed by atoms with Gasteiger partial charge < -0.3 is 19.1 Å². The number of nitrogens with zero attached hydrogens (tertiary/aromatic N) is 1. The summed E-state index contributed by atoms with van der Waals surface area (Å²) >= 11 is 6.35. The summed E-state index contributed by atoms with van der Waals surface area (Å²) < 4.78 is 46.9. The second-order valence-electron chi connectivity index (χ2n) is 12.1. The number of halogens is 1. The van der Waals surface area contributed by atoms with Crippen molar-refractivity contribution in [2.45, 2.75) is 63.7 Å². The SMILES string of the molecule is C=C1COc2ccc3cc2N(CCCC/C1=C/C(Cl)=C\C)C[C@@H]1CC[C@H]1[C@@H](OC)/C=C/C[C@H](C)[C@@H](COC)S(=O)(=O)NC3=O. The van der Waals surface area contributed by atoms with Gasteiger partial charge in [-0.05, 0) is 98.6 Å². The summed E-state index contributed by atoms with van der Waals surface area (Å²) in [5, 5.41) is -0.247. The van der Waals surface area contributed by atoms with Crippen molar-refractivity contribution in [1.82, 2.24) is 4.72 Å². The Labute approximate surface area is 268 Å². The Kier molecular flexibility index (Phi) is 12.2. The number of carbonyl (C=O) groups excluding carboxylic acids is 1. The lowest BCUT2D eigenvalue weighted by Gasteiger charge is -2.43. The Balaban J connectivity index is 1.76. The van der Waals surface area contributed by atoms with E-state index in [9.17, 15) is 13.2 Å². The molecule has 1 aliphatic carbocycles. The summed E-state index contributed by atoms with van der Waals surface area (Å²) in [6, 6.07) is 5.14. The first-order valence-electron chi connectivity index (χ1n) is 15.5. The lowest BCUT2D eigenvalue weighted by molar-refractivity contribution is 0.0134. The summed E-state index contributed by atoms with van der Waals surface area (Å²) in [6.07, 6.45) is 13.2. The normalized spacial score (nSPS) is 30.3. The number of hydrogen-bond donors (Lipinski definition) is 1. The third kappa shape index (κ3) is 8.36. The molecule has 4 rings (SSSR count). The van der Waals surface area contributed by atoms with Crippen molar-refractivity contribution in [2.75, 3.05) is 45.4 Å². The number of anilines is 1. The minimum atomic E-state index is -4.04. The standard InChI is InChI=1S/C34H47ClN2O6S/c1-6-28(35)18-25-11-7-8-17-37-20-27-13-15-29(27)31(42-5)12-9-10-23(2)33(22-41-4)44(39,40)36-34(38)26-14-16-32(30(37)19-26)43-21-24(25)3/h6,9,12,14,16,18-19,23,27,29,31,33H,3,7-8,10-11,13,15,17,20-22H2,1-2,4-5H3,(H,36,38)/b12-9+,25-18-,28-6+/t23-,27-,29+,31-,33+/m0/s1. The van der Waals surface area contributed by atoms with Crippen LogP contribution in [0.5, 0.6) is 5.75 Å². The van der Waals surface area contributed by atoms with E-state index in [-0.39, 0.29) is 30.8 Å². The van der Waals surface area contributed by atoms with Crippen LogP contribution in [0.1, 0.15) is 62.7 Å². The van der Waals surface area contributed by atoms with Crippen molar-refractivity contribution in [3.63, 3.8) is 0 Å². The van der Waals surface area contributed by atoms with Crippen molar-refractivity contribution in [3.05, 3.63) is 70.8 Å². The van der Waals surface area contributed by atoms with Gasteiger partial charge in [0.15, 0.2) is 0 Å². The number of ether oxygens (including phenoxy) is 3. The summed E-state index contributed by atoms with van der Waals surface area (Å²) in [4.78, 5) is 15.8. The van der Waals surface area contributed by atoms with E-state index in [0.717, 1.165) is 62.0 Å². The van der Waals surface area contributed by atoms with Gasteiger partial charge in [-0.25, -0.2) is 13.1 Å². The van der Waals surface area contributed by atoms with Gasteiger partial charge in [-0.2, -0.15) is 0 Å². The number of methoxy groups -OCH3 is 2. The molecule has 0 unspecified atom stereocenters. The molecule has 3 aliphatic rings. The minimum Gasteiger partial charge on any atom is -0.487 e. The van der Waals surface area contributed by atoms with Gasteiger partial charge in [-0.15, -0.1) is 0 Å². The number of nitrogens with one attached hydrogen (secondary N) is 1. The molecule has 2 aliphatic heterocycles. The fourth-order valence-electron chi connectivity index (χ4n) is 6.31. The van der Waals surface area contributed by atoms with E-state index < -0.39 is 21.2 Å². The molecule has 1 fully saturated rings. The third-order valence-corrected chi connectivity index (χ3v) is 11.4.